The molecule has 190 valence electrons. The van der Waals surface area contributed by atoms with Crippen molar-refractivity contribution in [1.29, 1.82) is 0 Å². The number of halogens is 1. The smallest absolute Gasteiger partial charge is 0.319 e. The number of carbonyl (C=O) groups is 1. The average Bonchev–Trinajstić information content (AvgIpc) is 2.90. The Morgan fingerprint density at radius 1 is 1.06 bits per heavy atom. The molecule has 3 aromatic rings. The Morgan fingerprint density at radius 3 is 2.47 bits per heavy atom. The van der Waals surface area contributed by atoms with E-state index in [0.29, 0.717) is 23.9 Å². The minimum atomic E-state index is -0.780. The number of likely N-dealkylation sites (tertiary alicyclic amines) is 1. The second-order valence-corrected chi connectivity index (χ2v) is 9.36. The average molecular weight is 492 g/mol. The number of hydrogen-bond acceptors (Lipinski definition) is 4. The van der Waals surface area contributed by atoms with Gasteiger partial charge in [0.2, 0.25) is 0 Å². The summed E-state index contributed by atoms with van der Waals surface area (Å²) in [7, 11) is 1.58. The predicted octanol–water partition coefficient (Wildman–Crippen LogP) is 5.01. The first kappa shape index (κ1) is 25.7. The highest BCUT2D eigenvalue weighted by molar-refractivity contribution is 5.89. The summed E-state index contributed by atoms with van der Waals surface area (Å²) in [5, 5.41) is 17.0. The number of aliphatic hydroxyl groups excluding tert-OH is 1. The first-order chi connectivity index (χ1) is 17.5. The molecule has 4 rings (SSSR count). The van der Waals surface area contributed by atoms with Crippen LogP contribution in [-0.2, 0) is 6.42 Å². The van der Waals surface area contributed by atoms with Gasteiger partial charge >= 0.3 is 6.03 Å². The highest BCUT2D eigenvalue weighted by Gasteiger charge is 2.27. The predicted molar refractivity (Wildman–Crippen MR) is 140 cm³/mol. The van der Waals surface area contributed by atoms with Gasteiger partial charge in [-0.25, -0.2) is 9.18 Å². The molecule has 0 bridgehead atoms. The molecule has 0 radical (unpaired) electrons. The molecule has 2 atom stereocenters. The number of urea groups is 1. The lowest BCUT2D eigenvalue weighted by molar-refractivity contribution is 0.0657. The molecule has 1 aliphatic rings. The molecule has 0 aliphatic carbocycles. The van der Waals surface area contributed by atoms with Gasteiger partial charge in [0.05, 0.1) is 19.3 Å². The van der Waals surface area contributed by atoms with E-state index in [1.165, 1.54) is 12.1 Å². The van der Waals surface area contributed by atoms with Gasteiger partial charge < -0.3 is 25.4 Å². The fourth-order valence-electron chi connectivity index (χ4n) is 4.77. The number of nitrogens with zero attached hydrogens (tertiary/aromatic N) is 1. The Hall–Kier alpha value is -3.42. The molecule has 1 fully saturated rings. The maximum Gasteiger partial charge on any atom is 0.319 e. The fourth-order valence-corrected chi connectivity index (χ4v) is 4.77. The number of β-amino-alcohol motifs (C(OH)–C–C–N with tert-alkyl or cyclic N) is 1. The van der Waals surface area contributed by atoms with E-state index >= 15 is 0 Å². The standard InChI is InChI=1S/C29H34FN3O3/c1-36-26-9-5-8-25(19-26)31-29(35)32-28(23-6-3-2-4-7-23)27(34)20-33-16-14-22(15-17-33)18-21-10-12-24(30)13-11-21/h2-13,19,22,27-28,34H,14-18,20H2,1H3,(H2,31,32,35)/t27-,28-/m0/s1. The number of nitrogens with one attached hydrogen (secondary N) is 2. The third-order valence-electron chi connectivity index (χ3n) is 6.75. The van der Waals surface area contributed by atoms with Crippen molar-refractivity contribution >= 4 is 11.7 Å². The van der Waals surface area contributed by atoms with Gasteiger partial charge in [0.1, 0.15) is 11.6 Å². The number of ether oxygens (including phenoxy) is 1. The maximum absolute atomic E-state index is 13.2. The van der Waals surface area contributed by atoms with Crippen molar-refractivity contribution < 1.29 is 19.0 Å². The van der Waals surface area contributed by atoms with Crippen LogP contribution in [0.3, 0.4) is 0 Å². The molecule has 7 heteroatoms. The largest absolute Gasteiger partial charge is 0.497 e. The van der Waals surface area contributed by atoms with Gasteiger partial charge in [0.25, 0.3) is 0 Å². The zero-order valence-corrected chi connectivity index (χ0v) is 20.6. The molecule has 0 saturated carbocycles. The maximum atomic E-state index is 13.2. The van der Waals surface area contributed by atoms with E-state index in [4.69, 9.17) is 4.74 Å². The zero-order valence-electron chi connectivity index (χ0n) is 20.6. The Kier molecular flexibility index (Phi) is 8.92. The van der Waals surface area contributed by atoms with Gasteiger partial charge in [-0.2, -0.15) is 0 Å². The molecular formula is C29H34FN3O3. The number of piperidine rings is 1. The SMILES string of the molecule is COc1cccc(NC(=O)N[C@@H](c2ccccc2)[C@@H](O)CN2CCC(Cc3ccc(F)cc3)CC2)c1. The first-order valence-electron chi connectivity index (χ1n) is 12.4. The lowest BCUT2D eigenvalue weighted by Crippen LogP contribution is -2.46. The number of hydrogen-bond donors (Lipinski definition) is 3. The molecule has 6 nitrogen and oxygen atoms in total. The van der Waals surface area contributed by atoms with Crippen molar-refractivity contribution in [3.05, 3.63) is 95.8 Å². The normalized spacial score (nSPS) is 16.2. The van der Waals surface area contributed by atoms with Gasteiger partial charge in [-0.3, -0.25) is 0 Å². The fraction of sp³-hybridized carbons (Fsp3) is 0.345. The van der Waals surface area contributed by atoms with Crippen molar-refractivity contribution in [3.63, 3.8) is 0 Å². The Balaban J connectivity index is 1.34. The number of methoxy groups -OCH3 is 1. The summed E-state index contributed by atoms with van der Waals surface area (Å²) in [5.74, 6) is 0.983. The molecule has 2 amide bonds. The zero-order chi connectivity index (χ0) is 25.3. The van der Waals surface area contributed by atoms with Crippen molar-refractivity contribution in [1.82, 2.24) is 10.2 Å². The van der Waals surface area contributed by atoms with Gasteiger partial charge in [-0.05, 0) is 73.7 Å². The second-order valence-electron chi connectivity index (χ2n) is 9.36. The van der Waals surface area contributed by atoms with Crippen LogP contribution in [0.15, 0.2) is 78.9 Å². The molecule has 1 saturated heterocycles. The van der Waals surface area contributed by atoms with E-state index in [0.717, 1.165) is 43.5 Å². The Labute approximate surface area is 212 Å². The van der Waals surface area contributed by atoms with Crippen LogP contribution in [0.5, 0.6) is 5.75 Å². The third-order valence-corrected chi connectivity index (χ3v) is 6.75. The summed E-state index contributed by atoms with van der Waals surface area (Å²) in [6.07, 6.45) is 2.19. The highest BCUT2D eigenvalue weighted by Crippen LogP contribution is 2.24. The van der Waals surface area contributed by atoms with Crippen LogP contribution in [0.4, 0.5) is 14.9 Å². The molecule has 0 aromatic heterocycles. The Morgan fingerprint density at radius 2 is 1.78 bits per heavy atom. The lowest BCUT2D eigenvalue weighted by atomic mass is 9.90. The van der Waals surface area contributed by atoms with E-state index in [-0.39, 0.29) is 5.82 Å². The van der Waals surface area contributed by atoms with Crippen LogP contribution in [0.2, 0.25) is 0 Å². The molecule has 3 N–H and O–H groups in total. The molecule has 1 heterocycles. The van der Waals surface area contributed by atoms with E-state index < -0.39 is 18.2 Å². The number of anilines is 1. The van der Waals surface area contributed by atoms with Crippen molar-refractivity contribution in [2.24, 2.45) is 5.92 Å². The monoisotopic (exact) mass is 491 g/mol. The summed E-state index contributed by atoms with van der Waals surface area (Å²) in [6.45, 7) is 2.21. The van der Waals surface area contributed by atoms with Crippen LogP contribution in [0, 0.1) is 11.7 Å². The quantitative estimate of drug-likeness (QED) is 0.393. The number of aliphatic hydroxyl groups is 1. The van der Waals surface area contributed by atoms with Gasteiger partial charge in [-0.1, -0.05) is 48.5 Å². The number of rotatable bonds is 9. The van der Waals surface area contributed by atoms with Crippen molar-refractivity contribution in [3.8, 4) is 5.75 Å². The van der Waals surface area contributed by atoms with Gasteiger partial charge in [0, 0.05) is 18.3 Å². The van der Waals surface area contributed by atoms with E-state index in [1.54, 1.807) is 25.3 Å². The molecule has 0 spiro atoms. The highest BCUT2D eigenvalue weighted by atomic mass is 19.1. The first-order valence-corrected chi connectivity index (χ1v) is 12.4. The Bertz CT molecular complexity index is 1100. The van der Waals surface area contributed by atoms with E-state index in [2.05, 4.69) is 15.5 Å². The van der Waals surface area contributed by atoms with E-state index in [9.17, 15) is 14.3 Å². The van der Waals surface area contributed by atoms with Crippen molar-refractivity contribution in [2.75, 3.05) is 32.1 Å². The summed E-state index contributed by atoms with van der Waals surface area (Å²) in [6, 6.07) is 22.5. The molecular weight excluding hydrogens is 457 g/mol. The summed E-state index contributed by atoms with van der Waals surface area (Å²) in [5.41, 5.74) is 2.61. The van der Waals surface area contributed by atoms with Crippen LogP contribution in [0.25, 0.3) is 0 Å². The summed E-state index contributed by atoms with van der Waals surface area (Å²) in [4.78, 5) is 15.1. The van der Waals surface area contributed by atoms with Crippen LogP contribution in [-0.4, -0.2) is 48.9 Å². The van der Waals surface area contributed by atoms with E-state index in [1.807, 2.05) is 48.5 Å². The van der Waals surface area contributed by atoms with Crippen molar-refractivity contribution in [2.45, 2.75) is 31.4 Å². The molecule has 0 unspecified atom stereocenters. The topological polar surface area (TPSA) is 73.8 Å². The second kappa shape index (κ2) is 12.5. The minimum Gasteiger partial charge on any atom is -0.497 e. The minimum absolute atomic E-state index is 0.207. The van der Waals surface area contributed by atoms with Crippen LogP contribution < -0.4 is 15.4 Å². The number of amides is 2. The van der Waals surface area contributed by atoms with Crippen LogP contribution >= 0.6 is 0 Å². The molecule has 36 heavy (non-hydrogen) atoms. The van der Waals surface area contributed by atoms with Gasteiger partial charge in [0.15, 0.2) is 0 Å². The number of benzene rings is 3. The van der Waals surface area contributed by atoms with Gasteiger partial charge in [-0.15, -0.1) is 0 Å². The summed E-state index contributed by atoms with van der Waals surface area (Å²) >= 11 is 0. The summed E-state index contributed by atoms with van der Waals surface area (Å²) < 4.78 is 18.4. The lowest BCUT2D eigenvalue weighted by Gasteiger charge is -2.35. The molecule has 3 aromatic carbocycles. The molecule has 1 aliphatic heterocycles. The van der Waals surface area contributed by atoms with Crippen LogP contribution in [0.1, 0.15) is 30.0 Å². The number of carbonyl (C=O) groups excluding carboxylic acids is 1. The third kappa shape index (κ3) is 7.29.